The number of nitrogens with one attached hydrogen (secondary N) is 2. The molecule has 1 fully saturated rings. The molecular formula is C35H39N5O7S. The van der Waals surface area contributed by atoms with Crippen molar-refractivity contribution in [3.8, 4) is 11.5 Å². The first-order chi connectivity index (χ1) is 23.2. The highest BCUT2D eigenvalue weighted by molar-refractivity contribution is 7.20. The molecule has 252 valence electrons. The maximum atomic E-state index is 13.1. The van der Waals surface area contributed by atoms with Gasteiger partial charge in [0.25, 0.3) is 5.91 Å². The van der Waals surface area contributed by atoms with Gasteiger partial charge < -0.3 is 34.3 Å². The normalized spacial score (nSPS) is 14.6. The summed E-state index contributed by atoms with van der Waals surface area (Å²) in [5, 5.41) is 6.54. The Balaban J connectivity index is 1.13. The third-order valence-electron chi connectivity index (χ3n) is 8.08. The van der Waals surface area contributed by atoms with E-state index in [1.807, 2.05) is 31.3 Å². The highest BCUT2D eigenvalue weighted by atomic mass is 32.1. The molecule has 5 rings (SSSR count). The van der Waals surface area contributed by atoms with Gasteiger partial charge in [0.15, 0.2) is 11.5 Å². The second-order valence-electron chi connectivity index (χ2n) is 11.5. The first kappa shape index (κ1) is 34.2. The number of ether oxygens (including phenoxy) is 3. The maximum Gasteiger partial charge on any atom is 0.348 e. The minimum atomic E-state index is -0.404. The zero-order valence-electron chi connectivity index (χ0n) is 27.4. The van der Waals surface area contributed by atoms with Crippen molar-refractivity contribution < 1.29 is 33.4 Å². The van der Waals surface area contributed by atoms with Crippen LogP contribution in [0.3, 0.4) is 0 Å². The third kappa shape index (κ3) is 8.21. The van der Waals surface area contributed by atoms with E-state index in [9.17, 15) is 19.2 Å². The number of aromatic nitrogens is 1. The van der Waals surface area contributed by atoms with E-state index in [0.717, 1.165) is 53.6 Å². The number of amides is 3. The maximum absolute atomic E-state index is 13.1. The van der Waals surface area contributed by atoms with Gasteiger partial charge in [0.1, 0.15) is 10.6 Å². The molecule has 3 amide bonds. The van der Waals surface area contributed by atoms with Crippen molar-refractivity contribution in [3.05, 3.63) is 64.8 Å². The van der Waals surface area contributed by atoms with Crippen molar-refractivity contribution in [1.29, 1.82) is 0 Å². The highest BCUT2D eigenvalue weighted by Gasteiger charge is 2.20. The minimum Gasteiger partial charge on any atom is -0.493 e. The number of hydrogen-bond donors (Lipinski definition) is 2. The van der Waals surface area contributed by atoms with Crippen molar-refractivity contribution in [2.24, 2.45) is 12.0 Å². The van der Waals surface area contributed by atoms with E-state index < -0.39 is 5.97 Å². The van der Waals surface area contributed by atoms with Crippen LogP contribution in [0.15, 0.2) is 53.7 Å². The summed E-state index contributed by atoms with van der Waals surface area (Å²) in [5.41, 5.74) is 3.08. The highest BCUT2D eigenvalue weighted by Crippen LogP contribution is 2.35. The molecule has 0 saturated carbocycles. The number of likely N-dealkylation sites (tertiary alicyclic amines) is 1. The van der Waals surface area contributed by atoms with E-state index in [0.29, 0.717) is 39.9 Å². The summed E-state index contributed by atoms with van der Waals surface area (Å²) in [6.45, 7) is 2.95. The number of nitrogens with zero attached hydrogens (tertiary/aromatic N) is 3. The van der Waals surface area contributed by atoms with Crippen LogP contribution in [0.4, 0.5) is 17.1 Å². The molecule has 2 N–H and O–H groups in total. The Bertz CT molecular complexity index is 1850. The molecule has 13 heteroatoms. The molecule has 0 radical (unpaired) electrons. The lowest BCUT2D eigenvalue weighted by Crippen LogP contribution is -2.39. The van der Waals surface area contributed by atoms with Gasteiger partial charge in [0.2, 0.25) is 12.3 Å². The van der Waals surface area contributed by atoms with Crippen molar-refractivity contribution in [2.75, 3.05) is 38.0 Å². The fourth-order valence-electron chi connectivity index (χ4n) is 5.51. The van der Waals surface area contributed by atoms with E-state index in [1.54, 1.807) is 54.1 Å². The Morgan fingerprint density at radius 3 is 2.65 bits per heavy atom. The number of esters is 1. The second kappa shape index (κ2) is 15.6. The van der Waals surface area contributed by atoms with Gasteiger partial charge in [-0.1, -0.05) is 0 Å². The number of anilines is 2. The molecule has 12 nitrogen and oxygen atoms in total. The van der Waals surface area contributed by atoms with E-state index in [1.165, 1.54) is 18.4 Å². The van der Waals surface area contributed by atoms with Gasteiger partial charge >= 0.3 is 5.97 Å². The Kier molecular flexibility index (Phi) is 11.1. The monoisotopic (exact) mass is 673 g/mol. The molecule has 1 atom stereocenters. The van der Waals surface area contributed by atoms with E-state index in [4.69, 9.17) is 14.2 Å². The lowest BCUT2D eigenvalue weighted by Gasteiger charge is -2.29. The topological polar surface area (TPSA) is 141 Å². The van der Waals surface area contributed by atoms with Crippen LogP contribution < -0.4 is 20.1 Å². The van der Waals surface area contributed by atoms with Gasteiger partial charge in [-0.3, -0.25) is 19.4 Å². The van der Waals surface area contributed by atoms with Gasteiger partial charge in [-0.25, -0.2) is 4.79 Å². The summed E-state index contributed by atoms with van der Waals surface area (Å²) >= 11 is 1.32. The number of aliphatic imine (C=N–C) groups is 1. The zero-order valence-corrected chi connectivity index (χ0v) is 28.2. The average Bonchev–Trinajstić information content (AvgIpc) is 3.68. The molecule has 1 aliphatic rings. The quantitative estimate of drug-likeness (QED) is 0.0756. The Labute approximate surface area is 282 Å². The Morgan fingerprint density at radius 2 is 1.88 bits per heavy atom. The first-order valence-corrected chi connectivity index (χ1v) is 16.5. The van der Waals surface area contributed by atoms with Crippen LogP contribution in [-0.4, -0.2) is 73.3 Å². The lowest BCUT2D eigenvalue weighted by molar-refractivity contribution is -0.120. The van der Waals surface area contributed by atoms with Gasteiger partial charge in [0.05, 0.1) is 38.2 Å². The fraction of sp³-hybridized carbons (Fsp3) is 0.343. The number of hydrogen-bond acceptors (Lipinski definition) is 9. The average molecular weight is 674 g/mol. The largest absolute Gasteiger partial charge is 0.493 e. The summed E-state index contributed by atoms with van der Waals surface area (Å²) in [6, 6.07) is 12.4. The number of carbonyl (C=O) groups excluding carboxylic acids is 4. The standard InChI is InChI=1S/C35H39N5O7S/c1-22-14-29(45-3)30(18-27(22)36-19-26-8-5-6-12-40(26)21-41)47-13-7-9-33(42)37-25-17-28(39(2)20-25)34(43)38-24-10-11-31-23(15-24)16-32(48-31)35(44)46-4/h10-11,14-21,26H,5-9,12-13H2,1-4H3,(H,37,42)(H,38,43). The number of piperidine rings is 1. The predicted octanol–water partition coefficient (Wildman–Crippen LogP) is 6.11. The predicted molar refractivity (Wildman–Crippen MR) is 186 cm³/mol. The molecule has 48 heavy (non-hydrogen) atoms. The van der Waals surface area contributed by atoms with E-state index in [2.05, 4.69) is 15.6 Å². The Morgan fingerprint density at radius 1 is 1.04 bits per heavy atom. The summed E-state index contributed by atoms with van der Waals surface area (Å²) in [4.78, 5) is 56.0. The van der Waals surface area contributed by atoms with Gasteiger partial charge in [0, 0.05) is 48.9 Å². The van der Waals surface area contributed by atoms with Crippen molar-refractivity contribution in [3.63, 3.8) is 0 Å². The molecule has 0 aliphatic carbocycles. The second-order valence-corrected chi connectivity index (χ2v) is 12.6. The number of fused-ring (bicyclic) bond motifs is 1. The summed E-state index contributed by atoms with van der Waals surface area (Å²) in [5.74, 6) is 0.128. The van der Waals surface area contributed by atoms with Crippen molar-refractivity contribution in [2.45, 2.75) is 45.1 Å². The van der Waals surface area contributed by atoms with E-state index in [-0.39, 0.29) is 30.9 Å². The van der Waals surface area contributed by atoms with Crippen LogP contribution in [0, 0.1) is 6.92 Å². The van der Waals surface area contributed by atoms with E-state index >= 15 is 0 Å². The number of carbonyl (C=O) groups is 4. The molecule has 3 heterocycles. The molecule has 2 aromatic heterocycles. The first-order valence-electron chi connectivity index (χ1n) is 15.6. The molecule has 1 aliphatic heterocycles. The van der Waals surface area contributed by atoms with Crippen molar-refractivity contribution >= 4 is 68.9 Å². The van der Waals surface area contributed by atoms with Crippen molar-refractivity contribution in [1.82, 2.24) is 9.47 Å². The summed E-state index contributed by atoms with van der Waals surface area (Å²) in [6.07, 6.45) is 7.97. The molecule has 0 spiro atoms. The van der Waals surface area contributed by atoms with Crippen LogP contribution in [-0.2, 0) is 21.4 Å². The number of thiophene rings is 1. The molecule has 1 saturated heterocycles. The lowest BCUT2D eigenvalue weighted by atomic mass is 10.0. The number of rotatable bonds is 13. The Hall–Kier alpha value is -5.17. The van der Waals surface area contributed by atoms with Gasteiger partial charge in [-0.05, 0) is 80.0 Å². The van der Waals surface area contributed by atoms with Crippen LogP contribution in [0.1, 0.15) is 57.8 Å². The zero-order chi connectivity index (χ0) is 34.2. The molecular weight excluding hydrogens is 634 g/mol. The van der Waals surface area contributed by atoms with Crippen LogP contribution in [0.5, 0.6) is 11.5 Å². The third-order valence-corrected chi connectivity index (χ3v) is 9.18. The number of methoxy groups -OCH3 is 2. The van der Waals surface area contributed by atoms with Crippen LogP contribution >= 0.6 is 11.3 Å². The molecule has 2 aromatic carbocycles. The smallest absolute Gasteiger partial charge is 0.348 e. The summed E-state index contributed by atoms with van der Waals surface area (Å²) in [7, 11) is 4.63. The number of benzene rings is 2. The SMILES string of the molecule is COC(=O)c1cc2cc(NC(=O)c3cc(NC(=O)CCCOc4cc(N=CC5CCCCN5C=O)c(C)cc4OC)cn3C)ccc2s1. The summed E-state index contributed by atoms with van der Waals surface area (Å²) < 4.78 is 18.8. The molecule has 0 bridgehead atoms. The van der Waals surface area contributed by atoms with Gasteiger partial charge in [-0.2, -0.15) is 0 Å². The van der Waals surface area contributed by atoms with Gasteiger partial charge in [-0.15, -0.1) is 11.3 Å². The van der Waals surface area contributed by atoms with Crippen LogP contribution in [0.25, 0.3) is 10.1 Å². The van der Waals surface area contributed by atoms with Crippen LogP contribution in [0.2, 0.25) is 0 Å². The fourth-order valence-corrected chi connectivity index (χ4v) is 6.47. The number of aryl methyl sites for hydroxylation is 2. The molecule has 1 unspecified atom stereocenters. The minimum absolute atomic E-state index is 0.0266. The molecule has 4 aromatic rings.